The van der Waals surface area contributed by atoms with Crippen molar-refractivity contribution in [3.63, 3.8) is 0 Å². The second-order valence-electron chi connectivity index (χ2n) is 14.1. The average molecular weight is 809 g/mol. The summed E-state index contributed by atoms with van der Waals surface area (Å²) in [6.07, 6.45) is 2.05. The lowest BCUT2D eigenvalue weighted by Crippen LogP contribution is -2.38. The van der Waals surface area contributed by atoms with Crippen molar-refractivity contribution >= 4 is 56.4 Å². The van der Waals surface area contributed by atoms with Crippen LogP contribution in [0.25, 0.3) is 42.9 Å². The molecule has 2 fully saturated rings. The molecule has 4 N–H and O–H groups in total. The number of amides is 1. The Hall–Kier alpha value is -4.60. The van der Waals surface area contributed by atoms with Crippen molar-refractivity contribution in [2.45, 2.75) is 26.7 Å². The fourth-order valence-electron chi connectivity index (χ4n) is 6.71. The minimum Gasteiger partial charge on any atom is -0.478 e. The number of pyridine rings is 2. The van der Waals surface area contributed by atoms with E-state index in [0.29, 0.717) is 34.3 Å². The highest BCUT2D eigenvalue weighted by atomic mass is 32.1. The summed E-state index contributed by atoms with van der Waals surface area (Å²) in [7, 11) is 0. The zero-order valence-electron chi connectivity index (χ0n) is 32.7. The predicted molar refractivity (Wildman–Crippen MR) is 232 cm³/mol. The topological polar surface area (TPSA) is 143 Å². The largest absolute Gasteiger partial charge is 0.478 e. The molecule has 0 atom stereocenters. The number of thiophene rings is 2. The van der Waals surface area contributed by atoms with E-state index in [4.69, 9.17) is 20.2 Å². The van der Waals surface area contributed by atoms with Crippen molar-refractivity contribution in [3.05, 3.63) is 106 Å². The van der Waals surface area contributed by atoms with Crippen LogP contribution in [0.1, 0.15) is 44.7 Å². The maximum atomic E-state index is 13.0. The summed E-state index contributed by atoms with van der Waals surface area (Å²) in [5.41, 5.74) is 11.7. The number of carboxylic acids is 1. The first-order valence-electron chi connectivity index (χ1n) is 19.5. The van der Waals surface area contributed by atoms with Crippen LogP contribution < -0.4 is 11.1 Å². The molecule has 11 nitrogen and oxygen atoms in total. The van der Waals surface area contributed by atoms with E-state index in [9.17, 15) is 14.7 Å². The average Bonchev–Trinajstić information content (AvgIpc) is 3.99. The smallest absolute Gasteiger partial charge is 0.336 e. The monoisotopic (exact) mass is 808 g/mol. The van der Waals surface area contributed by atoms with E-state index in [-0.39, 0.29) is 5.91 Å². The van der Waals surface area contributed by atoms with Crippen LogP contribution in [0, 0.1) is 13.8 Å². The van der Waals surface area contributed by atoms with Gasteiger partial charge in [0.1, 0.15) is 0 Å². The summed E-state index contributed by atoms with van der Waals surface area (Å²) in [4.78, 5) is 40.6. The summed E-state index contributed by atoms with van der Waals surface area (Å²) in [5.74, 6) is -0.950. The van der Waals surface area contributed by atoms with Gasteiger partial charge >= 0.3 is 5.97 Å². The Morgan fingerprint density at radius 2 is 1.21 bits per heavy atom. The molecule has 2 saturated heterocycles. The van der Waals surface area contributed by atoms with Gasteiger partial charge in [-0.3, -0.25) is 14.6 Å². The Balaban J connectivity index is 0.000000162. The van der Waals surface area contributed by atoms with Gasteiger partial charge in [0.05, 0.1) is 69.7 Å². The summed E-state index contributed by atoms with van der Waals surface area (Å²) in [6, 6.07) is 23.2. The number of benzene rings is 2. The highest BCUT2D eigenvalue weighted by Gasteiger charge is 2.16. The summed E-state index contributed by atoms with van der Waals surface area (Å²) in [5, 5.41) is 18.1. The first-order valence-corrected chi connectivity index (χ1v) is 21.3. The number of rotatable bonds is 11. The first kappa shape index (κ1) is 42.0. The quantitative estimate of drug-likeness (QED) is 0.114. The second kappa shape index (κ2) is 21.2. The number of morpholine rings is 2. The number of aromatic nitrogens is 2. The van der Waals surface area contributed by atoms with Gasteiger partial charge in [-0.25, -0.2) is 14.8 Å². The van der Waals surface area contributed by atoms with Crippen LogP contribution in [0.3, 0.4) is 0 Å². The third-order valence-corrected chi connectivity index (χ3v) is 11.6. The lowest BCUT2D eigenvalue weighted by atomic mass is 10.0. The van der Waals surface area contributed by atoms with E-state index < -0.39 is 5.97 Å². The number of aryl methyl sites for hydroxylation is 2. The Morgan fingerprint density at radius 1 is 0.719 bits per heavy atom. The van der Waals surface area contributed by atoms with Crippen LogP contribution in [-0.4, -0.2) is 116 Å². The maximum Gasteiger partial charge on any atom is 0.336 e. The summed E-state index contributed by atoms with van der Waals surface area (Å²) >= 11 is 3.19. The van der Waals surface area contributed by atoms with E-state index in [0.717, 1.165) is 123 Å². The molecular formula is C44H52N6O5S2. The SMILES string of the molecule is Cc1ccc2nc(-c3cccs3)cc(C(=O)NCCCN3CCOCC3)c2c1.Cc1ccc2nc(-c3cccs3)cc(C(=O)O)c2c1.NCCCN1CCOCC1. The van der Waals surface area contributed by atoms with Gasteiger partial charge in [0, 0.05) is 43.5 Å². The zero-order chi connectivity index (χ0) is 40.0. The Labute approximate surface area is 342 Å². The third-order valence-electron chi connectivity index (χ3n) is 9.77. The first-order chi connectivity index (χ1) is 27.8. The number of fused-ring (bicyclic) bond motifs is 2. The molecule has 0 aliphatic carbocycles. The minimum absolute atomic E-state index is 0.0298. The molecule has 6 heterocycles. The van der Waals surface area contributed by atoms with Gasteiger partial charge in [-0.15, -0.1) is 22.7 Å². The van der Waals surface area contributed by atoms with Crippen molar-refractivity contribution in [3.8, 4) is 21.1 Å². The van der Waals surface area contributed by atoms with E-state index in [1.54, 1.807) is 28.7 Å². The molecule has 6 aromatic rings. The number of hydrogen-bond acceptors (Lipinski definition) is 11. The van der Waals surface area contributed by atoms with Crippen LogP contribution in [0.15, 0.2) is 83.6 Å². The summed E-state index contributed by atoms with van der Waals surface area (Å²) in [6.45, 7) is 15.1. The minimum atomic E-state index is -0.921. The van der Waals surface area contributed by atoms with Crippen LogP contribution in [0.4, 0.5) is 0 Å². The van der Waals surface area contributed by atoms with Crippen molar-refractivity contribution in [2.24, 2.45) is 5.73 Å². The lowest BCUT2D eigenvalue weighted by molar-refractivity contribution is 0.0374. The molecule has 0 radical (unpaired) electrons. The predicted octanol–water partition coefficient (Wildman–Crippen LogP) is 7.36. The molecule has 2 aromatic carbocycles. The molecule has 300 valence electrons. The Kier molecular flexibility index (Phi) is 15.7. The molecule has 13 heteroatoms. The van der Waals surface area contributed by atoms with Crippen LogP contribution >= 0.6 is 22.7 Å². The van der Waals surface area contributed by atoms with Gasteiger partial charge in [-0.2, -0.15) is 0 Å². The van der Waals surface area contributed by atoms with Crippen molar-refractivity contribution in [2.75, 3.05) is 78.8 Å². The van der Waals surface area contributed by atoms with Crippen molar-refractivity contribution in [1.29, 1.82) is 0 Å². The number of carbonyl (C=O) groups excluding carboxylic acids is 1. The molecule has 2 aliphatic rings. The molecule has 0 unspecified atom stereocenters. The number of nitrogens with zero attached hydrogens (tertiary/aromatic N) is 4. The highest BCUT2D eigenvalue weighted by molar-refractivity contribution is 7.13. The van der Waals surface area contributed by atoms with Crippen molar-refractivity contribution < 1.29 is 24.2 Å². The van der Waals surface area contributed by atoms with Crippen LogP contribution in [0.2, 0.25) is 0 Å². The van der Waals surface area contributed by atoms with E-state index in [1.165, 1.54) is 0 Å². The highest BCUT2D eigenvalue weighted by Crippen LogP contribution is 2.30. The third kappa shape index (κ3) is 12.0. The molecule has 0 bridgehead atoms. The molecule has 8 rings (SSSR count). The number of nitrogens with two attached hydrogens (primary N) is 1. The van der Waals surface area contributed by atoms with E-state index in [2.05, 4.69) is 20.1 Å². The van der Waals surface area contributed by atoms with Crippen LogP contribution in [0.5, 0.6) is 0 Å². The van der Waals surface area contributed by atoms with Gasteiger partial charge in [-0.05, 0) is 106 Å². The molecule has 1 amide bonds. The van der Waals surface area contributed by atoms with Gasteiger partial charge in [0.25, 0.3) is 5.91 Å². The molecule has 0 saturated carbocycles. The van der Waals surface area contributed by atoms with Gasteiger partial charge in [0.2, 0.25) is 0 Å². The van der Waals surface area contributed by atoms with Gasteiger partial charge < -0.3 is 25.6 Å². The normalized spacial score (nSPS) is 14.7. The fraction of sp³-hybridized carbons (Fsp3) is 0.364. The molecule has 0 spiro atoms. The fourth-order valence-corrected chi connectivity index (χ4v) is 8.08. The second-order valence-corrected chi connectivity index (χ2v) is 16.0. The van der Waals surface area contributed by atoms with E-state index in [1.807, 2.05) is 91.3 Å². The maximum absolute atomic E-state index is 13.0. The number of ether oxygens (including phenoxy) is 2. The van der Waals surface area contributed by atoms with E-state index >= 15 is 0 Å². The number of hydrogen-bond donors (Lipinski definition) is 3. The molecular weight excluding hydrogens is 757 g/mol. The van der Waals surface area contributed by atoms with Crippen LogP contribution in [-0.2, 0) is 9.47 Å². The zero-order valence-corrected chi connectivity index (χ0v) is 34.4. The standard InChI is InChI=1S/C22H25N3O2S.C15H11NO2S.C7H16N2O/c1-16-5-6-19-17(14-16)18(15-20(24-19)21-4-2-13-28-21)22(26)23-7-3-8-25-9-11-27-12-10-25;1-9-4-5-12-10(7-9)11(15(17)18)8-13(16-12)14-3-2-6-19-14;8-2-1-3-9-4-6-10-7-5-9/h2,4-6,13-15H,3,7-12H2,1H3,(H,23,26);2-8H,1H3,(H,17,18);1-8H2. The van der Waals surface area contributed by atoms with Gasteiger partial charge in [0.15, 0.2) is 0 Å². The number of aromatic carboxylic acids is 1. The summed E-state index contributed by atoms with van der Waals surface area (Å²) < 4.78 is 10.6. The molecule has 4 aromatic heterocycles. The van der Waals surface area contributed by atoms with Gasteiger partial charge in [-0.1, -0.05) is 35.4 Å². The molecule has 57 heavy (non-hydrogen) atoms. The number of carboxylic acid groups (broad SMARTS) is 1. The van der Waals surface area contributed by atoms with Crippen molar-refractivity contribution in [1.82, 2.24) is 25.1 Å². The Bertz CT molecular complexity index is 2200. The number of nitrogens with one attached hydrogen (secondary N) is 1. The lowest BCUT2D eigenvalue weighted by Gasteiger charge is -2.26. The Morgan fingerprint density at radius 3 is 1.68 bits per heavy atom. The number of carbonyl (C=O) groups is 2. The molecule has 2 aliphatic heterocycles.